The lowest BCUT2D eigenvalue weighted by Crippen LogP contribution is -2.27. The summed E-state index contributed by atoms with van der Waals surface area (Å²) in [7, 11) is 0. The molecule has 2 saturated heterocycles. The van der Waals surface area contributed by atoms with Gasteiger partial charge < -0.3 is 0 Å². The van der Waals surface area contributed by atoms with Crippen LogP contribution in [0.15, 0.2) is 0 Å². The van der Waals surface area contributed by atoms with E-state index in [-0.39, 0.29) is 5.12 Å². The highest BCUT2D eigenvalue weighted by Crippen LogP contribution is 2.67. The van der Waals surface area contributed by atoms with E-state index >= 15 is 0 Å². The summed E-state index contributed by atoms with van der Waals surface area (Å²) < 4.78 is 0. The zero-order valence-corrected chi connectivity index (χ0v) is 7.28. The van der Waals surface area contributed by atoms with Gasteiger partial charge in [-0.05, 0) is 25.0 Å². The average molecular weight is 172 g/mol. The largest absolute Gasteiger partial charge is 0.285 e. The number of hydrogen-bond acceptors (Lipinski definition) is 3. The molecule has 2 spiro atoms. The van der Waals surface area contributed by atoms with E-state index in [1.54, 1.807) is 0 Å². The standard InChI is InChI=1S/C8H12O2S/c1-2-4-7(3-1)5-6-11-8(7)9-10-8/h1-6H2. The van der Waals surface area contributed by atoms with Crippen LogP contribution in [0.4, 0.5) is 0 Å². The van der Waals surface area contributed by atoms with Gasteiger partial charge >= 0.3 is 0 Å². The molecule has 11 heavy (non-hydrogen) atoms. The van der Waals surface area contributed by atoms with Gasteiger partial charge in [-0.25, -0.2) is 0 Å². The predicted molar refractivity (Wildman–Crippen MR) is 42.9 cm³/mol. The summed E-state index contributed by atoms with van der Waals surface area (Å²) in [5, 5.41) is -0.163. The van der Waals surface area contributed by atoms with Gasteiger partial charge in [0.2, 0.25) is 0 Å². The van der Waals surface area contributed by atoms with Crippen LogP contribution < -0.4 is 0 Å². The van der Waals surface area contributed by atoms with E-state index in [9.17, 15) is 0 Å². The number of rotatable bonds is 0. The van der Waals surface area contributed by atoms with Crippen molar-refractivity contribution in [2.75, 3.05) is 5.75 Å². The van der Waals surface area contributed by atoms with E-state index in [1.807, 2.05) is 11.8 Å². The molecule has 62 valence electrons. The molecule has 3 aliphatic rings. The predicted octanol–water partition coefficient (Wildman–Crippen LogP) is 2.30. The molecule has 0 N–H and O–H groups in total. The van der Waals surface area contributed by atoms with Crippen molar-refractivity contribution < 1.29 is 9.78 Å². The highest BCUT2D eigenvalue weighted by Gasteiger charge is 2.69. The van der Waals surface area contributed by atoms with Crippen molar-refractivity contribution in [3.8, 4) is 0 Å². The van der Waals surface area contributed by atoms with Crippen molar-refractivity contribution >= 4 is 11.8 Å². The minimum absolute atomic E-state index is 0.163. The molecule has 1 saturated carbocycles. The summed E-state index contributed by atoms with van der Waals surface area (Å²) >= 11 is 1.86. The summed E-state index contributed by atoms with van der Waals surface area (Å²) in [6.45, 7) is 0. The molecule has 0 unspecified atom stereocenters. The molecule has 0 bridgehead atoms. The van der Waals surface area contributed by atoms with Gasteiger partial charge in [0.05, 0.1) is 0 Å². The van der Waals surface area contributed by atoms with E-state index in [1.165, 1.54) is 37.9 Å². The lowest BCUT2D eigenvalue weighted by Gasteiger charge is -2.22. The molecular weight excluding hydrogens is 160 g/mol. The molecule has 2 nitrogen and oxygen atoms in total. The molecule has 3 rings (SSSR count). The maximum atomic E-state index is 5.16. The van der Waals surface area contributed by atoms with Crippen LogP contribution >= 0.6 is 11.8 Å². The Labute approximate surface area is 70.6 Å². The molecule has 2 heterocycles. The first kappa shape index (κ1) is 6.75. The first-order valence-corrected chi connectivity index (χ1v) is 5.36. The molecule has 0 aromatic heterocycles. The molecule has 0 amide bonds. The zero-order chi connectivity index (χ0) is 7.36. The lowest BCUT2D eigenvalue weighted by molar-refractivity contribution is 0.0850. The van der Waals surface area contributed by atoms with E-state index in [4.69, 9.17) is 9.78 Å². The molecule has 0 aromatic carbocycles. The van der Waals surface area contributed by atoms with Gasteiger partial charge in [0.1, 0.15) is 0 Å². The Morgan fingerprint density at radius 1 is 1.00 bits per heavy atom. The van der Waals surface area contributed by atoms with Crippen molar-refractivity contribution in [1.82, 2.24) is 0 Å². The minimum Gasteiger partial charge on any atom is -0.182 e. The molecule has 0 radical (unpaired) electrons. The Balaban J connectivity index is 1.94. The minimum atomic E-state index is -0.163. The van der Waals surface area contributed by atoms with E-state index in [0.29, 0.717) is 5.41 Å². The van der Waals surface area contributed by atoms with Gasteiger partial charge in [-0.1, -0.05) is 24.6 Å². The van der Waals surface area contributed by atoms with Gasteiger partial charge in [0.15, 0.2) is 0 Å². The fourth-order valence-electron chi connectivity index (χ4n) is 2.56. The van der Waals surface area contributed by atoms with Gasteiger partial charge in [-0.15, -0.1) is 0 Å². The molecule has 0 aromatic rings. The Bertz CT molecular complexity index is 177. The first-order valence-electron chi connectivity index (χ1n) is 4.38. The summed E-state index contributed by atoms with van der Waals surface area (Å²) in [4.78, 5) is 10.3. The summed E-state index contributed by atoms with van der Waals surface area (Å²) in [6.07, 6.45) is 6.68. The van der Waals surface area contributed by atoms with Crippen LogP contribution in [0.25, 0.3) is 0 Å². The Hall–Kier alpha value is 0.270. The number of hydrogen-bond donors (Lipinski definition) is 0. The normalized spacial score (nSPS) is 37.1. The van der Waals surface area contributed by atoms with Crippen LogP contribution in [0.5, 0.6) is 0 Å². The Morgan fingerprint density at radius 2 is 1.73 bits per heavy atom. The summed E-state index contributed by atoms with van der Waals surface area (Å²) in [5.74, 6) is 1.22. The maximum absolute atomic E-state index is 5.16. The average Bonchev–Trinajstić information content (AvgIpc) is 2.55. The SMILES string of the molecule is C1CCC2(C1)CCSC21OO1. The van der Waals surface area contributed by atoms with Crippen LogP contribution in [-0.4, -0.2) is 10.9 Å². The highest BCUT2D eigenvalue weighted by molar-refractivity contribution is 8.00. The van der Waals surface area contributed by atoms with Gasteiger partial charge in [0.25, 0.3) is 5.12 Å². The van der Waals surface area contributed by atoms with Crippen molar-refractivity contribution in [3.05, 3.63) is 0 Å². The maximum Gasteiger partial charge on any atom is 0.285 e. The van der Waals surface area contributed by atoms with E-state index in [2.05, 4.69) is 0 Å². The second kappa shape index (κ2) is 1.95. The zero-order valence-electron chi connectivity index (χ0n) is 6.47. The molecule has 3 heteroatoms. The third-order valence-electron chi connectivity index (χ3n) is 3.32. The van der Waals surface area contributed by atoms with Crippen molar-refractivity contribution in [1.29, 1.82) is 0 Å². The summed E-state index contributed by atoms with van der Waals surface area (Å²) in [5.41, 5.74) is 0.414. The quantitative estimate of drug-likeness (QED) is 0.414. The van der Waals surface area contributed by atoms with Crippen LogP contribution in [0.2, 0.25) is 0 Å². The van der Waals surface area contributed by atoms with Gasteiger partial charge in [-0.2, -0.15) is 9.78 Å². The fraction of sp³-hybridized carbons (Fsp3) is 1.00. The molecule has 3 fully saturated rings. The smallest absolute Gasteiger partial charge is 0.182 e. The molecule has 2 aliphatic heterocycles. The topological polar surface area (TPSA) is 25.1 Å². The Morgan fingerprint density at radius 3 is 2.36 bits per heavy atom. The van der Waals surface area contributed by atoms with Crippen LogP contribution in [0, 0.1) is 5.41 Å². The Kier molecular flexibility index (Phi) is 1.20. The fourth-order valence-corrected chi connectivity index (χ4v) is 4.06. The van der Waals surface area contributed by atoms with E-state index in [0.717, 1.165) is 0 Å². The van der Waals surface area contributed by atoms with Crippen LogP contribution in [0.1, 0.15) is 32.1 Å². The number of thioether (sulfide) groups is 1. The van der Waals surface area contributed by atoms with Crippen molar-refractivity contribution in [2.24, 2.45) is 5.41 Å². The summed E-state index contributed by atoms with van der Waals surface area (Å²) in [6, 6.07) is 0. The third kappa shape index (κ3) is 0.718. The second-order valence-electron chi connectivity index (χ2n) is 3.81. The first-order chi connectivity index (χ1) is 5.37. The molecular formula is C8H12O2S. The van der Waals surface area contributed by atoms with Crippen molar-refractivity contribution in [3.63, 3.8) is 0 Å². The molecule has 0 atom stereocenters. The third-order valence-corrected chi connectivity index (χ3v) is 4.67. The van der Waals surface area contributed by atoms with E-state index < -0.39 is 0 Å². The van der Waals surface area contributed by atoms with Gasteiger partial charge in [0, 0.05) is 5.41 Å². The van der Waals surface area contributed by atoms with Crippen molar-refractivity contribution in [2.45, 2.75) is 37.2 Å². The highest BCUT2D eigenvalue weighted by atomic mass is 32.2. The van der Waals surface area contributed by atoms with Crippen LogP contribution in [-0.2, 0) is 9.78 Å². The lowest BCUT2D eigenvalue weighted by atomic mass is 9.83. The van der Waals surface area contributed by atoms with Gasteiger partial charge in [-0.3, -0.25) is 0 Å². The molecule has 1 aliphatic carbocycles. The monoisotopic (exact) mass is 172 g/mol. The number of fused-ring (bicyclic) bond motifs is 1. The van der Waals surface area contributed by atoms with Crippen LogP contribution in [0.3, 0.4) is 0 Å². The second-order valence-corrected chi connectivity index (χ2v) is 5.04.